The first kappa shape index (κ1) is 31.4. The molecule has 1 unspecified atom stereocenters. The Labute approximate surface area is 253 Å². The van der Waals surface area contributed by atoms with Crippen LogP contribution >= 0.6 is 23.2 Å². The van der Waals surface area contributed by atoms with Crippen molar-refractivity contribution in [1.29, 1.82) is 0 Å². The number of aliphatic hydroxyl groups is 1. The van der Waals surface area contributed by atoms with Gasteiger partial charge in [0.2, 0.25) is 5.91 Å². The monoisotopic (exact) mass is 605 g/mol. The molecule has 0 radical (unpaired) electrons. The van der Waals surface area contributed by atoms with E-state index in [4.69, 9.17) is 32.7 Å². The molecule has 2 aromatic carbocycles. The lowest BCUT2D eigenvalue weighted by Crippen LogP contribution is -2.50. The Hall–Kier alpha value is -2.52. The number of carbonyl (C=O) groups is 2. The molecule has 2 aliphatic rings. The Bertz CT molecular complexity index is 1240. The Morgan fingerprint density at radius 2 is 1.71 bits per heavy atom. The highest BCUT2D eigenvalue weighted by Crippen LogP contribution is 2.35. The normalized spacial score (nSPS) is 17.7. The van der Waals surface area contributed by atoms with Crippen LogP contribution in [-0.2, 0) is 20.7 Å². The fourth-order valence-electron chi connectivity index (χ4n) is 4.89. The van der Waals surface area contributed by atoms with Gasteiger partial charge in [0, 0.05) is 44.1 Å². The highest BCUT2D eigenvalue weighted by molar-refractivity contribution is 6.43. The minimum absolute atomic E-state index is 0.129. The number of fused-ring (bicyclic) bond motifs is 1. The fourth-order valence-corrected chi connectivity index (χ4v) is 5.31. The molecule has 10 heteroatoms. The Kier molecular flexibility index (Phi) is 10.1. The highest BCUT2D eigenvalue weighted by atomic mass is 35.5. The van der Waals surface area contributed by atoms with E-state index < -0.39 is 17.0 Å². The SMILES string of the molecule is CC(C)(C)C(C)(O)C(=O)OCN1C(=O)CCc2ccc(OCCCCN3CCN(c4cccc(Cl)c4Cl)CC3)cc21. The zero-order valence-electron chi connectivity index (χ0n) is 24.4. The van der Waals surface area contributed by atoms with E-state index in [-0.39, 0.29) is 12.6 Å². The molecule has 0 aliphatic carbocycles. The van der Waals surface area contributed by atoms with E-state index >= 15 is 0 Å². The lowest BCUT2D eigenvalue weighted by atomic mass is 9.78. The number of aryl methyl sites for hydroxylation is 1. The summed E-state index contributed by atoms with van der Waals surface area (Å²) in [5.74, 6) is -0.217. The summed E-state index contributed by atoms with van der Waals surface area (Å²) < 4.78 is 11.4. The van der Waals surface area contributed by atoms with E-state index in [1.807, 2.05) is 36.4 Å². The largest absolute Gasteiger partial charge is 0.494 e. The maximum absolute atomic E-state index is 12.7. The van der Waals surface area contributed by atoms with Crippen LogP contribution in [0.2, 0.25) is 10.0 Å². The van der Waals surface area contributed by atoms with Crippen molar-refractivity contribution < 1.29 is 24.2 Å². The number of halogens is 2. The predicted octanol–water partition coefficient (Wildman–Crippen LogP) is 5.55. The number of anilines is 2. The molecular formula is C31H41Cl2N3O5. The minimum Gasteiger partial charge on any atom is -0.494 e. The van der Waals surface area contributed by atoms with E-state index in [2.05, 4.69) is 9.80 Å². The van der Waals surface area contributed by atoms with Crippen molar-refractivity contribution in [3.05, 3.63) is 52.0 Å². The van der Waals surface area contributed by atoms with E-state index in [0.717, 1.165) is 56.8 Å². The first-order chi connectivity index (χ1) is 19.4. The Balaban J connectivity index is 1.23. The van der Waals surface area contributed by atoms with Gasteiger partial charge in [0.1, 0.15) is 5.75 Å². The van der Waals surface area contributed by atoms with Gasteiger partial charge >= 0.3 is 5.97 Å². The van der Waals surface area contributed by atoms with Gasteiger partial charge in [-0.2, -0.15) is 0 Å². The van der Waals surface area contributed by atoms with Gasteiger partial charge in [0.15, 0.2) is 12.3 Å². The second-order valence-electron chi connectivity index (χ2n) is 12.0. The first-order valence-electron chi connectivity index (χ1n) is 14.3. The minimum atomic E-state index is -1.68. The van der Waals surface area contributed by atoms with Gasteiger partial charge in [-0.15, -0.1) is 0 Å². The van der Waals surface area contributed by atoms with Crippen LogP contribution in [0.1, 0.15) is 52.5 Å². The standard InChI is InChI=1S/C31H41Cl2N3O5/c1-30(2,3)31(4,39)29(38)41-21-36-26-20-23(12-10-22(26)11-13-27(36)37)40-19-6-5-14-34-15-17-35(18-16-34)25-9-7-8-24(32)28(25)33/h7-10,12,20,39H,5-6,11,13-19,21H2,1-4H3. The summed E-state index contributed by atoms with van der Waals surface area (Å²) in [5, 5.41) is 11.8. The van der Waals surface area contributed by atoms with Gasteiger partial charge < -0.3 is 19.5 Å². The van der Waals surface area contributed by atoms with Crippen molar-refractivity contribution in [2.24, 2.45) is 5.41 Å². The third-order valence-corrected chi connectivity index (χ3v) is 9.03. The van der Waals surface area contributed by atoms with Crippen molar-refractivity contribution in [2.45, 2.75) is 59.0 Å². The van der Waals surface area contributed by atoms with Crippen LogP contribution in [0.25, 0.3) is 0 Å². The zero-order valence-corrected chi connectivity index (χ0v) is 25.9. The second-order valence-corrected chi connectivity index (χ2v) is 12.7. The highest BCUT2D eigenvalue weighted by Gasteiger charge is 2.44. The summed E-state index contributed by atoms with van der Waals surface area (Å²) in [6.07, 6.45) is 2.87. The number of esters is 1. The average molecular weight is 607 g/mol. The summed E-state index contributed by atoms with van der Waals surface area (Å²) >= 11 is 12.6. The van der Waals surface area contributed by atoms with E-state index in [0.29, 0.717) is 40.9 Å². The number of rotatable bonds is 10. The predicted molar refractivity (Wildman–Crippen MR) is 163 cm³/mol. The molecule has 1 atom stereocenters. The summed E-state index contributed by atoms with van der Waals surface area (Å²) in [7, 11) is 0. The maximum Gasteiger partial charge on any atom is 0.340 e. The molecule has 1 fully saturated rings. The molecule has 0 spiro atoms. The molecular weight excluding hydrogens is 565 g/mol. The van der Waals surface area contributed by atoms with Crippen LogP contribution in [0.4, 0.5) is 11.4 Å². The maximum atomic E-state index is 12.7. The molecule has 8 nitrogen and oxygen atoms in total. The first-order valence-corrected chi connectivity index (χ1v) is 15.0. The molecule has 2 aliphatic heterocycles. The number of piperazine rings is 1. The van der Waals surface area contributed by atoms with E-state index in [1.165, 1.54) is 11.8 Å². The summed E-state index contributed by atoms with van der Waals surface area (Å²) in [6.45, 7) is 11.8. The van der Waals surface area contributed by atoms with Crippen molar-refractivity contribution in [2.75, 3.05) is 55.9 Å². The van der Waals surface area contributed by atoms with Crippen LogP contribution in [0.5, 0.6) is 5.75 Å². The molecule has 2 heterocycles. The molecule has 2 aromatic rings. The Morgan fingerprint density at radius 1 is 0.976 bits per heavy atom. The van der Waals surface area contributed by atoms with Crippen molar-refractivity contribution in [3.63, 3.8) is 0 Å². The molecule has 0 saturated carbocycles. The molecule has 1 N–H and O–H groups in total. The van der Waals surface area contributed by atoms with Gasteiger partial charge in [-0.3, -0.25) is 14.6 Å². The molecule has 224 valence electrons. The van der Waals surface area contributed by atoms with Gasteiger partial charge in [-0.25, -0.2) is 4.79 Å². The number of nitrogens with zero attached hydrogens (tertiary/aromatic N) is 3. The number of hydrogen-bond donors (Lipinski definition) is 1. The molecule has 1 amide bonds. The van der Waals surface area contributed by atoms with Crippen LogP contribution in [0.3, 0.4) is 0 Å². The molecule has 0 aromatic heterocycles. The molecule has 1 saturated heterocycles. The van der Waals surface area contributed by atoms with Crippen molar-refractivity contribution in [3.8, 4) is 5.75 Å². The summed E-state index contributed by atoms with van der Waals surface area (Å²) in [6, 6.07) is 11.5. The quantitative estimate of drug-likeness (QED) is 0.281. The lowest BCUT2D eigenvalue weighted by molar-refractivity contribution is -0.175. The fraction of sp³-hybridized carbons (Fsp3) is 0.548. The van der Waals surface area contributed by atoms with Crippen LogP contribution in [-0.4, -0.2) is 73.5 Å². The van der Waals surface area contributed by atoms with Gasteiger partial charge in [0.05, 0.1) is 28.0 Å². The average Bonchev–Trinajstić information content (AvgIpc) is 2.93. The van der Waals surface area contributed by atoms with Crippen LogP contribution < -0.4 is 14.5 Å². The second kappa shape index (κ2) is 13.2. The van der Waals surface area contributed by atoms with Crippen molar-refractivity contribution in [1.82, 2.24) is 4.90 Å². The number of amides is 1. The number of ether oxygens (including phenoxy) is 2. The molecule has 41 heavy (non-hydrogen) atoms. The number of unbranched alkanes of at least 4 members (excludes halogenated alkanes) is 1. The lowest BCUT2D eigenvalue weighted by Gasteiger charge is -2.36. The van der Waals surface area contributed by atoms with Crippen LogP contribution in [0, 0.1) is 5.41 Å². The topological polar surface area (TPSA) is 82.5 Å². The Morgan fingerprint density at radius 3 is 2.41 bits per heavy atom. The molecule has 4 rings (SSSR count). The number of carbonyl (C=O) groups excluding carboxylic acids is 2. The summed E-state index contributed by atoms with van der Waals surface area (Å²) in [5.41, 5.74) is 0.270. The summed E-state index contributed by atoms with van der Waals surface area (Å²) in [4.78, 5) is 31.5. The number of hydrogen-bond acceptors (Lipinski definition) is 7. The van der Waals surface area contributed by atoms with Gasteiger partial charge in [0.25, 0.3) is 0 Å². The third-order valence-electron chi connectivity index (χ3n) is 8.22. The van der Waals surface area contributed by atoms with Crippen LogP contribution in [0.15, 0.2) is 36.4 Å². The number of benzene rings is 2. The van der Waals surface area contributed by atoms with Gasteiger partial charge in [-0.1, -0.05) is 56.1 Å². The van der Waals surface area contributed by atoms with E-state index in [1.54, 1.807) is 20.8 Å². The molecule has 0 bridgehead atoms. The smallest absolute Gasteiger partial charge is 0.340 e. The third kappa shape index (κ3) is 7.47. The zero-order chi connectivity index (χ0) is 29.8. The van der Waals surface area contributed by atoms with E-state index in [9.17, 15) is 14.7 Å². The van der Waals surface area contributed by atoms with Gasteiger partial charge in [-0.05, 0) is 56.5 Å². The van der Waals surface area contributed by atoms with Crippen molar-refractivity contribution >= 4 is 46.5 Å².